The molecule has 204 valence electrons. The van der Waals surface area contributed by atoms with Crippen molar-refractivity contribution >= 4 is 23.2 Å². The molecular formula is C30H38N2O5S. The number of benzene rings is 2. The van der Waals surface area contributed by atoms with Gasteiger partial charge in [-0.25, -0.2) is 0 Å². The van der Waals surface area contributed by atoms with Gasteiger partial charge in [0, 0.05) is 18.0 Å². The predicted octanol–water partition coefficient (Wildman–Crippen LogP) is 5.21. The van der Waals surface area contributed by atoms with E-state index in [0.29, 0.717) is 43.3 Å². The second-order valence-corrected chi connectivity index (χ2v) is 10.6. The Morgan fingerprint density at radius 3 is 2.29 bits per heavy atom. The van der Waals surface area contributed by atoms with Crippen LogP contribution in [0.5, 0.6) is 17.2 Å². The second kappa shape index (κ2) is 14.4. The van der Waals surface area contributed by atoms with Gasteiger partial charge in [-0.1, -0.05) is 38.1 Å². The smallest absolute Gasteiger partial charge is 0.260 e. The first-order chi connectivity index (χ1) is 18.3. The highest BCUT2D eigenvalue weighted by molar-refractivity contribution is 7.10. The van der Waals surface area contributed by atoms with Gasteiger partial charge in [-0.2, -0.15) is 0 Å². The summed E-state index contributed by atoms with van der Waals surface area (Å²) in [5.74, 6) is 1.86. The van der Waals surface area contributed by atoms with Crippen LogP contribution in [0.1, 0.15) is 29.9 Å². The van der Waals surface area contributed by atoms with Gasteiger partial charge in [0.15, 0.2) is 18.1 Å². The van der Waals surface area contributed by atoms with Gasteiger partial charge >= 0.3 is 0 Å². The zero-order valence-corrected chi connectivity index (χ0v) is 23.8. The van der Waals surface area contributed by atoms with Gasteiger partial charge in [0.05, 0.1) is 27.3 Å². The summed E-state index contributed by atoms with van der Waals surface area (Å²) in [6, 6.07) is 17.1. The van der Waals surface area contributed by atoms with Crippen LogP contribution >= 0.6 is 11.3 Å². The van der Waals surface area contributed by atoms with Gasteiger partial charge in [0.25, 0.3) is 5.91 Å². The molecule has 0 fully saturated rings. The molecule has 7 nitrogen and oxygen atoms in total. The topological polar surface area (TPSA) is 68.3 Å². The van der Waals surface area contributed by atoms with Crippen molar-refractivity contribution in [2.24, 2.45) is 5.92 Å². The molecule has 0 unspecified atom stereocenters. The molecule has 0 N–H and O–H groups in total. The predicted molar refractivity (Wildman–Crippen MR) is 151 cm³/mol. The fourth-order valence-corrected chi connectivity index (χ4v) is 4.96. The molecule has 0 radical (unpaired) electrons. The minimum atomic E-state index is -0.206. The lowest BCUT2D eigenvalue weighted by atomic mass is 10.1. The quantitative estimate of drug-likeness (QED) is 0.282. The van der Waals surface area contributed by atoms with Crippen molar-refractivity contribution in [1.29, 1.82) is 0 Å². The molecule has 1 heterocycles. The molecule has 0 aliphatic heterocycles. The molecule has 0 aliphatic rings. The van der Waals surface area contributed by atoms with Gasteiger partial charge in [-0.3, -0.25) is 9.59 Å². The van der Waals surface area contributed by atoms with Crippen LogP contribution < -0.4 is 14.2 Å². The van der Waals surface area contributed by atoms with Crippen molar-refractivity contribution in [3.63, 3.8) is 0 Å². The van der Waals surface area contributed by atoms with E-state index in [1.165, 1.54) is 0 Å². The van der Waals surface area contributed by atoms with Crippen molar-refractivity contribution < 1.29 is 23.8 Å². The highest BCUT2D eigenvalue weighted by atomic mass is 32.1. The summed E-state index contributed by atoms with van der Waals surface area (Å²) in [5.41, 5.74) is 2.19. The standard InChI is InChI=1S/C30H38N2O5S/c1-22(2)18-32(30(34)21-37-25-9-7-6-8-10-25)20-29(33)31(19-28-23(3)14-16-38-28)15-13-24-11-12-26(35-4)27(17-24)36-5/h6-12,14,16-17,22H,13,15,18-21H2,1-5H3. The van der Waals surface area contributed by atoms with E-state index in [1.54, 1.807) is 30.5 Å². The Labute approximate surface area is 229 Å². The highest BCUT2D eigenvalue weighted by Crippen LogP contribution is 2.28. The van der Waals surface area contributed by atoms with Crippen molar-refractivity contribution in [3.05, 3.63) is 76.0 Å². The first-order valence-electron chi connectivity index (χ1n) is 12.8. The second-order valence-electron chi connectivity index (χ2n) is 9.55. The van der Waals surface area contributed by atoms with Gasteiger partial charge < -0.3 is 24.0 Å². The lowest BCUT2D eigenvalue weighted by Gasteiger charge is -2.29. The number of methoxy groups -OCH3 is 2. The number of aryl methyl sites for hydroxylation is 1. The van der Waals surface area contributed by atoms with Crippen molar-refractivity contribution in [3.8, 4) is 17.2 Å². The minimum absolute atomic E-state index is 0.00548. The lowest BCUT2D eigenvalue weighted by molar-refractivity contribution is -0.142. The third-order valence-corrected chi connectivity index (χ3v) is 7.15. The van der Waals surface area contributed by atoms with E-state index in [0.717, 1.165) is 16.0 Å². The van der Waals surface area contributed by atoms with Crippen molar-refractivity contribution in [2.75, 3.05) is 40.5 Å². The lowest BCUT2D eigenvalue weighted by Crippen LogP contribution is -2.46. The Balaban J connectivity index is 1.73. The normalized spacial score (nSPS) is 10.8. The number of carbonyl (C=O) groups is 2. The molecule has 0 saturated heterocycles. The maximum Gasteiger partial charge on any atom is 0.260 e. The number of carbonyl (C=O) groups excluding carboxylic acids is 2. The van der Waals surface area contributed by atoms with Crippen LogP contribution in [0.25, 0.3) is 0 Å². The van der Waals surface area contributed by atoms with Crippen molar-refractivity contribution in [2.45, 2.75) is 33.7 Å². The Kier molecular flexibility index (Phi) is 11.0. The molecular weight excluding hydrogens is 500 g/mol. The molecule has 3 rings (SSSR count). The van der Waals surface area contributed by atoms with Crippen LogP contribution in [-0.4, -0.2) is 62.1 Å². The van der Waals surface area contributed by atoms with E-state index in [2.05, 4.69) is 13.0 Å². The van der Waals surface area contributed by atoms with E-state index >= 15 is 0 Å². The van der Waals surface area contributed by atoms with E-state index in [1.807, 2.05) is 72.7 Å². The fourth-order valence-electron chi connectivity index (χ4n) is 4.04. The maximum absolute atomic E-state index is 13.6. The van der Waals surface area contributed by atoms with Gasteiger partial charge in [0.1, 0.15) is 5.75 Å². The number of thiophene rings is 1. The van der Waals surface area contributed by atoms with E-state index < -0.39 is 0 Å². The van der Waals surface area contributed by atoms with Crippen LogP contribution in [0, 0.1) is 12.8 Å². The summed E-state index contributed by atoms with van der Waals surface area (Å²) in [7, 11) is 3.22. The molecule has 0 aliphatic carbocycles. The Hall–Kier alpha value is -3.52. The molecule has 0 atom stereocenters. The molecule has 8 heteroatoms. The fraction of sp³-hybridized carbons (Fsp3) is 0.400. The van der Waals surface area contributed by atoms with E-state index in [9.17, 15) is 9.59 Å². The third kappa shape index (κ3) is 8.52. The first kappa shape index (κ1) is 29.0. The summed E-state index contributed by atoms with van der Waals surface area (Å²) in [6.07, 6.45) is 0.645. The third-order valence-electron chi connectivity index (χ3n) is 6.14. The summed E-state index contributed by atoms with van der Waals surface area (Å²) in [6.45, 7) is 7.50. The van der Waals surface area contributed by atoms with Crippen LogP contribution in [-0.2, 0) is 22.6 Å². The van der Waals surface area contributed by atoms with E-state index in [-0.39, 0.29) is 30.9 Å². The number of amides is 2. The van der Waals surface area contributed by atoms with Crippen molar-refractivity contribution in [1.82, 2.24) is 9.80 Å². The highest BCUT2D eigenvalue weighted by Gasteiger charge is 2.23. The minimum Gasteiger partial charge on any atom is -0.493 e. The van der Waals surface area contributed by atoms with Crippen LogP contribution in [0.4, 0.5) is 0 Å². The monoisotopic (exact) mass is 538 g/mol. The summed E-state index contributed by atoms with van der Waals surface area (Å²) in [4.78, 5) is 31.3. The number of hydrogen-bond donors (Lipinski definition) is 0. The van der Waals surface area contributed by atoms with Crippen LogP contribution in [0.15, 0.2) is 60.0 Å². The number of hydrogen-bond acceptors (Lipinski definition) is 6. The van der Waals surface area contributed by atoms with Crippen LogP contribution in [0.3, 0.4) is 0 Å². The molecule has 2 amide bonds. The maximum atomic E-state index is 13.6. The molecule has 0 spiro atoms. The summed E-state index contributed by atoms with van der Waals surface area (Å²) in [5, 5.41) is 2.04. The molecule has 2 aromatic carbocycles. The molecule has 1 aromatic heterocycles. The molecule has 3 aromatic rings. The van der Waals surface area contributed by atoms with Gasteiger partial charge in [-0.05, 0) is 66.1 Å². The average Bonchev–Trinajstić information content (AvgIpc) is 3.33. The summed E-state index contributed by atoms with van der Waals surface area (Å²) >= 11 is 1.64. The number of rotatable bonds is 14. The SMILES string of the molecule is COc1ccc(CCN(Cc2sccc2C)C(=O)CN(CC(C)C)C(=O)COc2ccccc2)cc1OC. The number of para-hydroxylation sites is 1. The number of ether oxygens (including phenoxy) is 3. The van der Waals surface area contributed by atoms with E-state index in [4.69, 9.17) is 14.2 Å². The molecule has 0 bridgehead atoms. The average molecular weight is 539 g/mol. The van der Waals surface area contributed by atoms with Gasteiger partial charge in [-0.15, -0.1) is 11.3 Å². The molecule has 38 heavy (non-hydrogen) atoms. The van der Waals surface area contributed by atoms with Gasteiger partial charge in [0.2, 0.25) is 5.91 Å². The zero-order valence-electron chi connectivity index (χ0n) is 22.9. The Morgan fingerprint density at radius 1 is 0.921 bits per heavy atom. The Morgan fingerprint density at radius 2 is 1.66 bits per heavy atom. The molecule has 0 saturated carbocycles. The Bertz CT molecular complexity index is 1180. The number of nitrogens with zero attached hydrogens (tertiary/aromatic N) is 2. The zero-order chi connectivity index (χ0) is 27.5. The summed E-state index contributed by atoms with van der Waals surface area (Å²) < 4.78 is 16.5. The largest absolute Gasteiger partial charge is 0.493 e. The first-order valence-corrected chi connectivity index (χ1v) is 13.7. The van der Waals surface area contributed by atoms with Crippen LogP contribution in [0.2, 0.25) is 0 Å².